The number of amides is 1. The second-order valence-electron chi connectivity index (χ2n) is 4.76. The van der Waals surface area contributed by atoms with Crippen LogP contribution in [-0.4, -0.2) is 40.9 Å². The lowest BCUT2D eigenvalue weighted by Crippen LogP contribution is -2.49. The minimum Gasteiger partial charge on any atom is -0.339 e. The number of nitrogens with zero attached hydrogens (tertiary/aromatic N) is 1. The third-order valence-corrected chi connectivity index (χ3v) is 4.30. The van der Waals surface area contributed by atoms with Crippen molar-refractivity contribution in [3.8, 4) is 0 Å². The quantitative estimate of drug-likeness (QED) is 0.900. The molecule has 0 spiro atoms. The Labute approximate surface area is 113 Å². The molecule has 1 unspecified atom stereocenters. The molecule has 1 aliphatic rings. The molecule has 4 heteroatoms. The van der Waals surface area contributed by atoms with Crippen LogP contribution in [0.15, 0.2) is 30.3 Å². The van der Waals surface area contributed by atoms with E-state index in [0.717, 1.165) is 24.4 Å². The number of carbonyl (C=O) groups excluding carboxylic acids is 1. The van der Waals surface area contributed by atoms with E-state index in [9.17, 15) is 4.79 Å². The predicted molar refractivity (Wildman–Crippen MR) is 76.6 cm³/mol. The summed E-state index contributed by atoms with van der Waals surface area (Å²) in [5.41, 5.74) is 7.15. The summed E-state index contributed by atoms with van der Waals surface area (Å²) in [7, 11) is 0. The highest BCUT2D eigenvalue weighted by Gasteiger charge is 2.25. The van der Waals surface area contributed by atoms with Gasteiger partial charge in [-0.25, -0.2) is 0 Å². The summed E-state index contributed by atoms with van der Waals surface area (Å²) in [5.74, 6) is 1.11. The van der Waals surface area contributed by atoms with Crippen molar-refractivity contribution in [1.82, 2.24) is 4.90 Å². The molecule has 0 radical (unpaired) electrons. The van der Waals surface area contributed by atoms with Crippen molar-refractivity contribution >= 4 is 17.7 Å². The Kier molecular flexibility index (Phi) is 4.66. The maximum absolute atomic E-state index is 12.2. The van der Waals surface area contributed by atoms with Gasteiger partial charge in [0.15, 0.2) is 0 Å². The average molecular weight is 264 g/mol. The number of carbonyl (C=O) groups is 1. The van der Waals surface area contributed by atoms with E-state index in [1.165, 1.54) is 0 Å². The third-order valence-electron chi connectivity index (χ3n) is 3.17. The summed E-state index contributed by atoms with van der Waals surface area (Å²) in [6.45, 7) is 3.81. The topological polar surface area (TPSA) is 46.3 Å². The van der Waals surface area contributed by atoms with Gasteiger partial charge in [-0.3, -0.25) is 4.79 Å². The highest BCUT2D eigenvalue weighted by atomic mass is 32.2. The van der Waals surface area contributed by atoms with E-state index in [2.05, 4.69) is 6.92 Å². The largest absolute Gasteiger partial charge is 0.339 e. The normalized spacial score (nSPS) is 21.7. The minimum atomic E-state index is -0.414. The monoisotopic (exact) mass is 264 g/mol. The predicted octanol–water partition coefficient (Wildman–Crippen LogP) is 1.52. The fourth-order valence-corrected chi connectivity index (χ4v) is 3.22. The van der Waals surface area contributed by atoms with E-state index in [1.54, 1.807) is 0 Å². The first kappa shape index (κ1) is 13.4. The number of hydrogen-bond acceptors (Lipinski definition) is 3. The molecule has 1 aromatic rings. The molecule has 1 aliphatic heterocycles. The molecule has 18 heavy (non-hydrogen) atoms. The summed E-state index contributed by atoms with van der Waals surface area (Å²) in [4.78, 5) is 14.2. The number of hydrogen-bond donors (Lipinski definition) is 1. The highest BCUT2D eigenvalue weighted by molar-refractivity contribution is 7.99. The second kappa shape index (κ2) is 6.25. The van der Waals surface area contributed by atoms with Gasteiger partial charge in [-0.2, -0.15) is 11.8 Å². The molecular formula is C14H20N2OS. The van der Waals surface area contributed by atoms with Crippen molar-refractivity contribution in [2.45, 2.75) is 24.6 Å². The van der Waals surface area contributed by atoms with Gasteiger partial charge in [-0.15, -0.1) is 0 Å². The Bertz CT molecular complexity index is 396. The lowest BCUT2D eigenvalue weighted by Gasteiger charge is -2.32. The van der Waals surface area contributed by atoms with Crippen LogP contribution in [0.3, 0.4) is 0 Å². The third kappa shape index (κ3) is 3.50. The van der Waals surface area contributed by atoms with E-state index in [4.69, 9.17) is 5.73 Å². The summed E-state index contributed by atoms with van der Waals surface area (Å²) >= 11 is 1.92. The second-order valence-corrected chi connectivity index (χ2v) is 6.31. The minimum absolute atomic E-state index is 0.0889. The number of nitrogens with two attached hydrogens (primary N) is 1. The molecule has 0 saturated carbocycles. The summed E-state index contributed by atoms with van der Waals surface area (Å²) in [5, 5.41) is 0.520. The molecule has 1 amide bonds. The molecule has 0 aliphatic carbocycles. The fourth-order valence-electron chi connectivity index (χ4n) is 2.21. The van der Waals surface area contributed by atoms with E-state index < -0.39 is 6.04 Å². The number of thioether (sulfide) groups is 1. The molecule has 2 rings (SSSR count). The lowest BCUT2D eigenvalue weighted by atomic mass is 10.1. The average Bonchev–Trinajstić information content (AvgIpc) is 2.39. The molecule has 1 aromatic carbocycles. The van der Waals surface area contributed by atoms with Crippen LogP contribution in [0.25, 0.3) is 0 Å². The van der Waals surface area contributed by atoms with Crippen molar-refractivity contribution < 1.29 is 4.79 Å². The summed E-state index contributed by atoms with van der Waals surface area (Å²) in [6.07, 6.45) is 0.623. The first-order valence-electron chi connectivity index (χ1n) is 6.36. The van der Waals surface area contributed by atoms with Crippen LogP contribution in [0.2, 0.25) is 0 Å². The van der Waals surface area contributed by atoms with Crippen molar-refractivity contribution in [2.75, 3.05) is 18.8 Å². The van der Waals surface area contributed by atoms with E-state index >= 15 is 0 Å². The molecular weight excluding hydrogens is 244 g/mol. The smallest absolute Gasteiger partial charge is 0.239 e. The maximum Gasteiger partial charge on any atom is 0.239 e. The number of benzene rings is 1. The van der Waals surface area contributed by atoms with Crippen LogP contribution < -0.4 is 5.73 Å². The molecule has 98 valence electrons. The van der Waals surface area contributed by atoms with Crippen LogP contribution in [0, 0.1) is 0 Å². The van der Waals surface area contributed by atoms with Gasteiger partial charge in [-0.1, -0.05) is 37.3 Å². The SMILES string of the molecule is CC1CN(C(=O)[C@@H](N)Cc2ccccc2)CCS1. The lowest BCUT2D eigenvalue weighted by molar-refractivity contribution is -0.132. The molecule has 2 atom stereocenters. The maximum atomic E-state index is 12.2. The van der Waals surface area contributed by atoms with E-state index in [-0.39, 0.29) is 5.91 Å². The molecule has 0 bridgehead atoms. The molecule has 1 heterocycles. The first-order chi connectivity index (χ1) is 8.66. The van der Waals surface area contributed by atoms with Gasteiger partial charge < -0.3 is 10.6 Å². The van der Waals surface area contributed by atoms with Crippen LogP contribution in [0.1, 0.15) is 12.5 Å². The van der Waals surface area contributed by atoms with E-state index in [0.29, 0.717) is 11.7 Å². The summed E-state index contributed by atoms with van der Waals surface area (Å²) < 4.78 is 0. The zero-order valence-corrected chi connectivity index (χ0v) is 11.5. The van der Waals surface area contributed by atoms with Crippen LogP contribution in [-0.2, 0) is 11.2 Å². The summed E-state index contributed by atoms with van der Waals surface area (Å²) in [6, 6.07) is 9.55. The van der Waals surface area contributed by atoms with Gasteiger partial charge in [0, 0.05) is 24.1 Å². The van der Waals surface area contributed by atoms with Gasteiger partial charge in [0.1, 0.15) is 0 Å². The van der Waals surface area contributed by atoms with Crippen LogP contribution in [0.5, 0.6) is 0 Å². The highest BCUT2D eigenvalue weighted by Crippen LogP contribution is 2.18. The van der Waals surface area contributed by atoms with Crippen molar-refractivity contribution in [1.29, 1.82) is 0 Å². The zero-order chi connectivity index (χ0) is 13.0. The van der Waals surface area contributed by atoms with Crippen molar-refractivity contribution in [2.24, 2.45) is 5.73 Å². The van der Waals surface area contributed by atoms with Gasteiger partial charge in [0.2, 0.25) is 5.91 Å². The van der Waals surface area contributed by atoms with E-state index in [1.807, 2.05) is 47.0 Å². The molecule has 2 N–H and O–H groups in total. The van der Waals surface area contributed by atoms with Gasteiger partial charge >= 0.3 is 0 Å². The fraction of sp³-hybridized carbons (Fsp3) is 0.500. The Morgan fingerprint density at radius 3 is 2.89 bits per heavy atom. The van der Waals surface area contributed by atoms with Crippen LogP contribution in [0.4, 0.5) is 0 Å². The van der Waals surface area contributed by atoms with Crippen molar-refractivity contribution in [3.05, 3.63) is 35.9 Å². The van der Waals surface area contributed by atoms with Crippen molar-refractivity contribution in [3.63, 3.8) is 0 Å². The van der Waals surface area contributed by atoms with Gasteiger partial charge in [0.25, 0.3) is 0 Å². The van der Waals surface area contributed by atoms with Crippen LogP contribution >= 0.6 is 11.8 Å². The zero-order valence-electron chi connectivity index (χ0n) is 10.7. The Balaban J connectivity index is 1.92. The first-order valence-corrected chi connectivity index (χ1v) is 7.41. The number of rotatable bonds is 3. The molecule has 1 saturated heterocycles. The Morgan fingerprint density at radius 2 is 2.22 bits per heavy atom. The Hall–Kier alpha value is -1.00. The molecule has 0 aromatic heterocycles. The standard InChI is InChI=1S/C14H20N2OS/c1-11-10-16(7-8-18-11)14(17)13(15)9-12-5-3-2-4-6-12/h2-6,11,13H,7-10,15H2,1H3/t11?,13-/m0/s1. The van der Waals surface area contributed by atoms with Gasteiger partial charge in [-0.05, 0) is 12.0 Å². The van der Waals surface area contributed by atoms with Gasteiger partial charge in [0.05, 0.1) is 6.04 Å². The molecule has 3 nitrogen and oxygen atoms in total. The Morgan fingerprint density at radius 1 is 1.50 bits per heavy atom. The molecule has 1 fully saturated rings.